The van der Waals surface area contributed by atoms with Gasteiger partial charge in [-0.15, -0.1) is 0 Å². The number of amides is 4. The minimum absolute atomic E-state index is 0.0337. The Morgan fingerprint density at radius 1 is 0.980 bits per heavy atom. The van der Waals surface area contributed by atoms with Crippen molar-refractivity contribution in [3.63, 3.8) is 0 Å². The minimum Gasteiger partial charge on any atom is -0.361 e. The van der Waals surface area contributed by atoms with E-state index in [1.54, 1.807) is 24.3 Å². The Balaban J connectivity index is 1.11. The van der Waals surface area contributed by atoms with Crippen molar-refractivity contribution in [2.45, 2.75) is 51.5 Å². The molecule has 10 nitrogen and oxygen atoms in total. The number of halogens is 1. The summed E-state index contributed by atoms with van der Waals surface area (Å²) in [4.78, 5) is 61.8. The Morgan fingerprint density at radius 3 is 2.45 bits per heavy atom. The zero-order valence-electron chi connectivity index (χ0n) is 29.6. The number of aromatic nitrogens is 1. The maximum absolute atomic E-state index is 14.6. The second kappa shape index (κ2) is 16.1. The number of H-pyrrole nitrogens is 1. The van der Waals surface area contributed by atoms with Gasteiger partial charge >= 0.3 is 0 Å². The molecule has 1 saturated heterocycles. The Hall–Kier alpha value is -4.67. The lowest BCUT2D eigenvalue weighted by molar-refractivity contribution is -0.127. The van der Waals surface area contributed by atoms with Gasteiger partial charge in [-0.05, 0) is 111 Å². The predicted octanol–water partition coefficient (Wildman–Crippen LogP) is 5.91. The topological polar surface area (TPSA) is 118 Å². The van der Waals surface area contributed by atoms with E-state index in [1.807, 2.05) is 72.6 Å². The molecule has 0 bridgehead atoms. The molecule has 1 fully saturated rings. The zero-order chi connectivity index (χ0) is 36.1. The van der Waals surface area contributed by atoms with Gasteiger partial charge in [0, 0.05) is 85.0 Å². The number of hydrogen-bond acceptors (Lipinski definition) is 5. The first-order valence-electron chi connectivity index (χ1n) is 17.8. The molecule has 268 valence electrons. The van der Waals surface area contributed by atoms with Crippen LogP contribution in [0, 0.1) is 11.8 Å². The summed E-state index contributed by atoms with van der Waals surface area (Å²) in [5, 5.41) is 7.54. The summed E-state index contributed by atoms with van der Waals surface area (Å²) in [6.07, 6.45) is 5.72. The first-order valence-corrected chi connectivity index (χ1v) is 18.2. The van der Waals surface area contributed by atoms with Gasteiger partial charge in [-0.2, -0.15) is 0 Å². The third kappa shape index (κ3) is 8.98. The van der Waals surface area contributed by atoms with Gasteiger partial charge in [0.25, 0.3) is 5.91 Å². The molecule has 0 radical (unpaired) electrons. The van der Waals surface area contributed by atoms with Crippen molar-refractivity contribution in [2.24, 2.45) is 11.8 Å². The van der Waals surface area contributed by atoms with E-state index in [9.17, 15) is 19.2 Å². The largest absolute Gasteiger partial charge is 0.361 e. The van der Waals surface area contributed by atoms with Gasteiger partial charge in [0.15, 0.2) is 0 Å². The molecule has 0 unspecified atom stereocenters. The van der Waals surface area contributed by atoms with E-state index in [4.69, 9.17) is 11.6 Å². The van der Waals surface area contributed by atoms with Crippen molar-refractivity contribution in [2.75, 3.05) is 50.5 Å². The number of rotatable bonds is 11. The SMILES string of the molecule is CC(=O)Nc1ccc(C(=O)N2CCC(CCC(=O)N[C@H](Cc3c[nH]c4ccccc34)C(=O)N3C[C@H](CN(C)C)Cc4cc(Cl)ccc43)CC2)cc1. The van der Waals surface area contributed by atoms with Crippen molar-refractivity contribution in [3.05, 3.63) is 94.6 Å². The Bertz CT molecular complexity index is 1880. The Labute approximate surface area is 304 Å². The predicted molar refractivity (Wildman–Crippen MR) is 202 cm³/mol. The van der Waals surface area contributed by atoms with Gasteiger partial charge in [0.1, 0.15) is 6.04 Å². The van der Waals surface area contributed by atoms with Crippen LogP contribution < -0.4 is 15.5 Å². The van der Waals surface area contributed by atoms with Crippen molar-refractivity contribution >= 4 is 57.5 Å². The summed E-state index contributed by atoms with van der Waals surface area (Å²) in [6, 6.07) is 19.9. The minimum atomic E-state index is -0.755. The van der Waals surface area contributed by atoms with E-state index in [-0.39, 0.29) is 29.5 Å². The number of piperidine rings is 1. The highest BCUT2D eigenvalue weighted by Gasteiger charge is 2.34. The fraction of sp³-hybridized carbons (Fsp3) is 0.400. The van der Waals surface area contributed by atoms with Gasteiger partial charge in [-0.3, -0.25) is 19.2 Å². The van der Waals surface area contributed by atoms with Gasteiger partial charge in [0.2, 0.25) is 17.7 Å². The van der Waals surface area contributed by atoms with E-state index >= 15 is 0 Å². The summed E-state index contributed by atoms with van der Waals surface area (Å²) in [7, 11) is 4.08. The smallest absolute Gasteiger partial charge is 0.253 e. The average Bonchev–Trinajstić information content (AvgIpc) is 3.52. The highest BCUT2D eigenvalue weighted by molar-refractivity contribution is 6.30. The fourth-order valence-electron chi connectivity index (χ4n) is 7.58. The third-order valence-corrected chi connectivity index (χ3v) is 10.3. The summed E-state index contributed by atoms with van der Waals surface area (Å²) in [5.41, 5.74) is 5.09. The lowest BCUT2D eigenvalue weighted by Crippen LogP contribution is -2.53. The number of fused-ring (bicyclic) bond motifs is 2. The van der Waals surface area contributed by atoms with E-state index in [0.717, 1.165) is 53.5 Å². The van der Waals surface area contributed by atoms with Crippen LogP contribution >= 0.6 is 11.6 Å². The van der Waals surface area contributed by atoms with Gasteiger partial charge in [-0.25, -0.2) is 0 Å². The molecule has 0 spiro atoms. The maximum Gasteiger partial charge on any atom is 0.253 e. The number of nitrogens with one attached hydrogen (secondary N) is 3. The number of para-hydroxylation sites is 1. The molecule has 2 aliphatic heterocycles. The molecule has 3 aromatic carbocycles. The molecular formula is C40H47ClN6O4. The van der Waals surface area contributed by atoms with Crippen molar-refractivity contribution in [1.29, 1.82) is 0 Å². The second-order valence-corrected chi connectivity index (χ2v) is 14.7. The van der Waals surface area contributed by atoms with Crippen LogP contribution in [0.3, 0.4) is 0 Å². The molecule has 3 heterocycles. The summed E-state index contributed by atoms with van der Waals surface area (Å²) >= 11 is 6.40. The molecule has 51 heavy (non-hydrogen) atoms. The molecule has 2 aliphatic rings. The van der Waals surface area contributed by atoms with Crippen molar-refractivity contribution < 1.29 is 19.2 Å². The van der Waals surface area contributed by atoms with E-state index in [2.05, 4.69) is 20.5 Å². The number of carbonyl (C=O) groups is 4. The molecule has 0 saturated carbocycles. The Kier molecular flexibility index (Phi) is 11.4. The van der Waals surface area contributed by atoms with Crippen LogP contribution in [0.5, 0.6) is 0 Å². The highest BCUT2D eigenvalue weighted by Crippen LogP contribution is 2.33. The zero-order valence-corrected chi connectivity index (χ0v) is 30.3. The van der Waals surface area contributed by atoms with Gasteiger partial charge in [0.05, 0.1) is 0 Å². The monoisotopic (exact) mass is 710 g/mol. The van der Waals surface area contributed by atoms with E-state index < -0.39 is 6.04 Å². The van der Waals surface area contributed by atoms with Crippen LogP contribution in [0.25, 0.3) is 10.9 Å². The molecule has 11 heteroatoms. The standard InChI is InChI=1S/C40H47ClN6O4/c1-26(48)43-33-12-9-29(10-13-33)39(50)46-18-16-27(17-19-46)8-15-38(49)44-36(22-31-23-42-35-7-5-4-6-34(31)35)40(51)47-25-28(24-45(2)3)20-30-21-32(41)11-14-37(30)47/h4-7,9-14,21,23,27-28,36,42H,8,15-20,22,24-25H2,1-3H3,(H,43,48)(H,44,49)/t28-,36+/m0/s1. The van der Waals surface area contributed by atoms with Crippen LogP contribution in [0.4, 0.5) is 11.4 Å². The number of nitrogens with zero attached hydrogens (tertiary/aromatic N) is 3. The second-order valence-electron chi connectivity index (χ2n) is 14.3. The molecule has 4 aromatic rings. The first-order chi connectivity index (χ1) is 24.5. The molecule has 1 aromatic heterocycles. The summed E-state index contributed by atoms with van der Waals surface area (Å²) in [5.74, 6) is 0.0549. The lowest BCUT2D eigenvalue weighted by Gasteiger charge is -2.37. The molecule has 4 amide bonds. The number of likely N-dealkylation sites (tertiary alicyclic amines) is 1. The molecule has 2 atom stereocenters. The summed E-state index contributed by atoms with van der Waals surface area (Å²) < 4.78 is 0. The first kappa shape index (κ1) is 36.1. The van der Waals surface area contributed by atoms with Crippen molar-refractivity contribution in [3.8, 4) is 0 Å². The number of anilines is 2. The maximum atomic E-state index is 14.6. The van der Waals surface area contributed by atoms with Crippen LogP contribution in [-0.2, 0) is 27.2 Å². The lowest BCUT2D eigenvalue weighted by atomic mass is 9.90. The Morgan fingerprint density at radius 2 is 1.73 bits per heavy atom. The number of carbonyl (C=O) groups excluding carboxylic acids is 4. The van der Waals surface area contributed by atoms with Crippen molar-refractivity contribution in [1.82, 2.24) is 20.1 Å². The molecular weight excluding hydrogens is 664 g/mol. The van der Waals surface area contributed by atoms with Crippen LogP contribution in [0.2, 0.25) is 5.02 Å². The molecule has 6 rings (SSSR count). The molecule has 3 N–H and O–H groups in total. The van der Waals surface area contributed by atoms with E-state index in [0.29, 0.717) is 61.1 Å². The third-order valence-electron chi connectivity index (χ3n) is 10.0. The summed E-state index contributed by atoms with van der Waals surface area (Å²) in [6.45, 7) is 4.07. The number of hydrogen-bond donors (Lipinski definition) is 3. The average molecular weight is 711 g/mol. The van der Waals surface area contributed by atoms with Gasteiger partial charge < -0.3 is 30.3 Å². The fourth-order valence-corrected chi connectivity index (χ4v) is 7.77. The number of benzene rings is 3. The van der Waals surface area contributed by atoms with Crippen LogP contribution in [0.1, 0.15) is 54.1 Å². The highest BCUT2D eigenvalue weighted by atomic mass is 35.5. The normalized spacial score (nSPS) is 16.9. The van der Waals surface area contributed by atoms with Crippen LogP contribution in [-0.4, -0.2) is 84.7 Å². The number of aromatic amines is 1. The van der Waals surface area contributed by atoms with E-state index in [1.165, 1.54) is 6.92 Å². The molecule has 0 aliphatic carbocycles. The van der Waals surface area contributed by atoms with Gasteiger partial charge in [-0.1, -0.05) is 29.8 Å². The quantitative estimate of drug-likeness (QED) is 0.179. The van der Waals surface area contributed by atoms with Crippen LogP contribution in [0.15, 0.2) is 72.9 Å².